The molecular formula is C32H39ClN2O4S2. The Labute approximate surface area is 253 Å². The van der Waals surface area contributed by atoms with Crippen molar-refractivity contribution in [3.05, 3.63) is 101 Å². The van der Waals surface area contributed by atoms with Crippen LogP contribution in [0.1, 0.15) is 76.1 Å². The van der Waals surface area contributed by atoms with Crippen molar-refractivity contribution < 1.29 is 17.2 Å². The van der Waals surface area contributed by atoms with Crippen molar-refractivity contribution in [1.82, 2.24) is 4.72 Å². The molecule has 0 heterocycles. The van der Waals surface area contributed by atoms with E-state index < -0.39 is 33.3 Å². The van der Waals surface area contributed by atoms with E-state index in [1.807, 2.05) is 61.5 Å². The molecule has 1 saturated carbocycles. The van der Waals surface area contributed by atoms with E-state index >= 15 is 0 Å². The fourth-order valence-electron chi connectivity index (χ4n) is 5.29. The lowest BCUT2D eigenvalue weighted by molar-refractivity contribution is 0.0806. The third-order valence-corrected chi connectivity index (χ3v) is 10.3. The monoisotopic (exact) mass is 614 g/mol. The zero-order valence-corrected chi connectivity index (χ0v) is 26.7. The number of hydrogen-bond donors (Lipinski definition) is 1. The number of nitrogens with zero attached hydrogens (tertiary/aromatic N) is 1. The van der Waals surface area contributed by atoms with Crippen molar-refractivity contribution in [1.29, 1.82) is 0 Å². The van der Waals surface area contributed by atoms with E-state index in [0.717, 1.165) is 36.1 Å². The van der Waals surface area contributed by atoms with Gasteiger partial charge in [0.1, 0.15) is 5.60 Å². The number of halogens is 1. The summed E-state index contributed by atoms with van der Waals surface area (Å²) in [5.74, 6) is 0.293. The van der Waals surface area contributed by atoms with E-state index in [4.69, 9.17) is 20.2 Å². The molecule has 2 atom stereocenters. The molecule has 0 aliphatic heterocycles. The zero-order chi connectivity index (χ0) is 29.8. The fourth-order valence-corrected chi connectivity index (χ4v) is 7.70. The summed E-state index contributed by atoms with van der Waals surface area (Å²) < 4.78 is 54.1. The standard InChI is InChI=1S/C32H39ClN2O4S2/c1-23(2)22-29(32(20-9-21-32)26-14-16-27(33)17-15-26)34-40(36)39-31(4,5)30(25-10-7-6-8-11-25)35-41(37,38)28-18-12-24(3)13-19-28/h6-8,10-19,23,30,35H,9,20-22H2,1-5H3/t30-,40?/m1/s1. The molecule has 3 aromatic rings. The van der Waals surface area contributed by atoms with E-state index in [0.29, 0.717) is 22.9 Å². The average molecular weight is 615 g/mol. The normalized spacial score (nSPS) is 17.2. The van der Waals surface area contributed by atoms with Gasteiger partial charge in [0, 0.05) is 10.4 Å². The zero-order valence-electron chi connectivity index (χ0n) is 24.3. The highest BCUT2D eigenvalue weighted by Crippen LogP contribution is 2.47. The van der Waals surface area contributed by atoms with Gasteiger partial charge in [0.15, 0.2) is 0 Å². The predicted molar refractivity (Wildman–Crippen MR) is 168 cm³/mol. The molecular weight excluding hydrogens is 576 g/mol. The molecule has 0 radical (unpaired) electrons. The van der Waals surface area contributed by atoms with E-state index in [2.05, 4.69) is 18.6 Å². The number of rotatable bonds is 12. The summed E-state index contributed by atoms with van der Waals surface area (Å²) in [5, 5.41) is 0.666. The molecule has 1 N–H and O–H groups in total. The molecule has 0 amide bonds. The average Bonchev–Trinajstić information content (AvgIpc) is 2.88. The minimum atomic E-state index is -3.92. The fraction of sp³-hybridized carbons (Fsp3) is 0.406. The number of hydrogen-bond acceptors (Lipinski definition) is 5. The van der Waals surface area contributed by atoms with Crippen LogP contribution in [-0.4, -0.2) is 24.3 Å². The van der Waals surface area contributed by atoms with Gasteiger partial charge >= 0.3 is 0 Å². The number of benzene rings is 3. The van der Waals surface area contributed by atoms with Gasteiger partial charge in [-0.05, 0) is 85.7 Å². The lowest BCUT2D eigenvalue weighted by Crippen LogP contribution is -2.46. The Bertz CT molecular complexity index is 1440. The highest BCUT2D eigenvalue weighted by Gasteiger charge is 2.46. The van der Waals surface area contributed by atoms with Crippen molar-refractivity contribution in [2.24, 2.45) is 10.3 Å². The number of nitrogens with one attached hydrogen (secondary N) is 1. The van der Waals surface area contributed by atoms with Crippen molar-refractivity contribution in [2.75, 3.05) is 0 Å². The number of aryl methyl sites for hydroxylation is 1. The Morgan fingerprint density at radius 1 is 1.05 bits per heavy atom. The molecule has 1 aliphatic rings. The lowest BCUT2D eigenvalue weighted by atomic mass is 9.60. The van der Waals surface area contributed by atoms with Gasteiger partial charge in [-0.25, -0.2) is 13.1 Å². The van der Waals surface area contributed by atoms with Crippen LogP contribution in [-0.2, 0) is 31.3 Å². The van der Waals surface area contributed by atoms with Crippen LogP contribution >= 0.6 is 11.6 Å². The summed E-state index contributed by atoms with van der Waals surface area (Å²) in [4.78, 5) is 0.146. The highest BCUT2D eigenvalue weighted by atomic mass is 35.5. The largest absolute Gasteiger partial charge is 0.559 e. The summed E-state index contributed by atoms with van der Waals surface area (Å²) in [6, 6.07) is 22.8. The maximum Gasteiger partial charge on any atom is 0.271 e. The molecule has 1 unspecified atom stereocenters. The van der Waals surface area contributed by atoms with Crippen LogP contribution in [0.5, 0.6) is 0 Å². The Balaban J connectivity index is 1.66. The molecule has 220 valence electrons. The van der Waals surface area contributed by atoms with Crippen LogP contribution in [0.3, 0.4) is 0 Å². The third kappa shape index (κ3) is 7.61. The summed E-state index contributed by atoms with van der Waals surface area (Å²) in [7, 11) is -3.92. The molecule has 41 heavy (non-hydrogen) atoms. The van der Waals surface area contributed by atoms with Gasteiger partial charge in [-0.3, -0.25) is 0 Å². The predicted octanol–water partition coefficient (Wildman–Crippen LogP) is 7.65. The van der Waals surface area contributed by atoms with Crippen LogP contribution in [0.4, 0.5) is 0 Å². The topological polar surface area (TPSA) is 90.8 Å². The first-order valence-electron chi connectivity index (χ1n) is 13.9. The molecule has 3 aromatic carbocycles. The molecule has 0 aromatic heterocycles. The molecule has 0 spiro atoms. The van der Waals surface area contributed by atoms with Crippen molar-refractivity contribution in [3.8, 4) is 0 Å². The van der Waals surface area contributed by atoms with E-state index in [9.17, 15) is 13.0 Å². The third-order valence-electron chi connectivity index (χ3n) is 7.66. The van der Waals surface area contributed by atoms with E-state index in [-0.39, 0.29) is 10.3 Å². The second-order valence-corrected chi connectivity index (χ2v) is 14.7. The van der Waals surface area contributed by atoms with Gasteiger partial charge in [0.2, 0.25) is 10.0 Å². The van der Waals surface area contributed by atoms with Crippen LogP contribution in [0, 0.1) is 12.8 Å². The Morgan fingerprint density at radius 3 is 2.20 bits per heavy atom. The van der Waals surface area contributed by atoms with Crippen LogP contribution in [0.2, 0.25) is 5.02 Å². The molecule has 6 nitrogen and oxygen atoms in total. The molecule has 0 saturated heterocycles. The first-order valence-corrected chi connectivity index (χ1v) is 16.8. The van der Waals surface area contributed by atoms with E-state index in [1.165, 1.54) is 0 Å². The molecule has 1 aliphatic carbocycles. The quantitative estimate of drug-likeness (QED) is 0.168. The minimum absolute atomic E-state index is 0.146. The minimum Gasteiger partial charge on any atom is -0.559 e. The lowest BCUT2D eigenvalue weighted by Gasteiger charge is -2.43. The number of sulfonamides is 1. The maximum atomic E-state index is 13.6. The molecule has 4 rings (SSSR count). The molecule has 9 heteroatoms. The smallest absolute Gasteiger partial charge is 0.271 e. The molecule has 1 fully saturated rings. The Morgan fingerprint density at radius 2 is 1.66 bits per heavy atom. The SMILES string of the molecule is Cc1ccc(S(=O)(=O)N[C@H](c2ccccc2)C(C)(C)O[S+]([O-])N=C(CC(C)C)C2(c3ccc(Cl)cc3)CCC2)cc1. The summed E-state index contributed by atoms with van der Waals surface area (Å²) in [6.07, 6.45) is 3.53. The summed E-state index contributed by atoms with van der Waals surface area (Å²) in [5.41, 5.74) is 2.06. The Kier molecular flexibility index (Phi) is 10.0. The van der Waals surface area contributed by atoms with Crippen LogP contribution in [0.15, 0.2) is 88.2 Å². The second kappa shape index (κ2) is 13.0. The molecule has 0 bridgehead atoms. The van der Waals surface area contributed by atoms with E-state index in [1.54, 1.807) is 38.1 Å². The first kappa shape index (κ1) is 31.7. The maximum absolute atomic E-state index is 13.6. The van der Waals surface area contributed by atoms with Gasteiger partial charge in [-0.15, -0.1) is 4.18 Å². The Hall–Kier alpha value is -2.20. The van der Waals surface area contributed by atoms with Gasteiger partial charge in [0.05, 0.1) is 16.6 Å². The van der Waals surface area contributed by atoms with Gasteiger partial charge < -0.3 is 4.55 Å². The van der Waals surface area contributed by atoms with Crippen LogP contribution < -0.4 is 4.72 Å². The summed E-state index contributed by atoms with van der Waals surface area (Å²) >= 11 is 4.10. The highest BCUT2D eigenvalue weighted by molar-refractivity contribution is 7.89. The van der Waals surface area contributed by atoms with Crippen molar-refractivity contribution in [3.63, 3.8) is 0 Å². The second-order valence-electron chi connectivity index (χ2n) is 11.8. The van der Waals surface area contributed by atoms with Gasteiger partial charge in [0.25, 0.3) is 11.6 Å². The van der Waals surface area contributed by atoms with Gasteiger partial charge in [-0.1, -0.05) is 92.0 Å². The first-order chi connectivity index (χ1) is 19.3. The van der Waals surface area contributed by atoms with Crippen LogP contribution in [0.25, 0.3) is 0 Å². The van der Waals surface area contributed by atoms with Crippen molar-refractivity contribution >= 4 is 39.0 Å². The van der Waals surface area contributed by atoms with Crippen molar-refractivity contribution in [2.45, 2.75) is 82.3 Å². The summed E-state index contributed by atoms with van der Waals surface area (Å²) in [6.45, 7) is 9.59. The van der Waals surface area contributed by atoms with Gasteiger partial charge in [-0.2, -0.15) is 0 Å².